The Hall–Kier alpha value is -2.26. The third-order valence-corrected chi connectivity index (χ3v) is 6.13. The minimum Gasteiger partial charge on any atom is -0.493 e. The van der Waals surface area contributed by atoms with E-state index in [0.29, 0.717) is 44.4 Å². The topological polar surface area (TPSA) is 106 Å². The number of hydrogen-bond donors (Lipinski definition) is 1. The summed E-state index contributed by atoms with van der Waals surface area (Å²) in [6, 6.07) is 5.37. The highest BCUT2D eigenvalue weighted by atomic mass is 79.9. The number of Topliss-reactive ketones (excluding diaryl/α,β-unsaturated/α-hetero) is 1. The van der Waals surface area contributed by atoms with Crippen molar-refractivity contribution in [3.63, 3.8) is 0 Å². The van der Waals surface area contributed by atoms with Gasteiger partial charge in [-0.15, -0.1) is 11.3 Å². The number of carbonyl (C=O) groups is 2. The zero-order valence-electron chi connectivity index (χ0n) is 15.4. The average Bonchev–Trinajstić information content (AvgIpc) is 3.13. The highest BCUT2D eigenvalue weighted by molar-refractivity contribution is 9.10. The Morgan fingerprint density at radius 2 is 2.03 bits per heavy atom. The second-order valence-corrected chi connectivity index (χ2v) is 8.66. The van der Waals surface area contributed by atoms with Gasteiger partial charge in [-0.3, -0.25) is 14.2 Å². The molecule has 152 valence electrons. The van der Waals surface area contributed by atoms with Crippen molar-refractivity contribution in [1.29, 1.82) is 0 Å². The highest BCUT2D eigenvalue weighted by Crippen LogP contribution is 2.32. The first-order valence-electron chi connectivity index (χ1n) is 8.70. The van der Waals surface area contributed by atoms with Crippen LogP contribution in [0.15, 0.2) is 27.7 Å². The molecule has 0 spiro atoms. The molecule has 0 saturated heterocycles. The van der Waals surface area contributed by atoms with Gasteiger partial charge in [0.2, 0.25) is 5.88 Å². The Kier molecular flexibility index (Phi) is 8.33. The van der Waals surface area contributed by atoms with Crippen LogP contribution in [0.5, 0.6) is 5.88 Å². The molecule has 1 N–H and O–H groups in total. The van der Waals surface area contributed by atoms with Crippen LogP contribution in [0.2, 0.25) is 0 Å². The molecule has 2 heterocycles. The molecule has 3 rings (SSSR count). The molecule has 1 aromatic heterocycles. The fourth-order valence-electron chi connectivity index (χ4n) is 2.80. The Balaban J connectivity index is 0.000000941. The van der Waals surface area contributed by atoms with E-state index in [1.165, 1.54) is 4.57 Å². The van der Waals surface area contributed by atoms with Crippen LogP contribution in [0.3, 0.4) is 0 Å². The molecule has 1 aliphatic rings. The third kappa shape index (κ3) is 5.42. The van der Waals surface area contributed by atoms with Gasteiger partial charge in [0.15, 0.2) is 3.95 Å². The molecule has 0 atom stereocenters. The van der Waals surface area contributed by atoms with Crippen LogP contribution in [-0.4, -0.2) is 27.5 Å². The molecule has 1 amide bonds. The second kappa shape index (κ2) is 10.5. The van der Waals surface area contributed by atoms with Gasteiger partial charge in [0.25, 0.3) is 5.91 Å². The lowest BCUT2D eigenvalue weighted by atomic mass is 10.1. The summed E-state index contributed by atoms with van der Waals surface area (Å²) in [5, 5.41) is 11.9. The molecule has 0 radical (unpaired) electrons. The van der Waals surface area contributed by atoms with Crippen LogP contribution >= 0.6 is 39.5 Å². The molecule has 0 bridgehead atoms. The van der Waals surface area contributed by atoms with Crippen LogP contribution in [0.4, 0.5) is 0 Å². The standard InChI is InChI=1S/C18H17BrN2O3S2.CO2/c1-2-3-4-11(22)7-8-21-17(24)15(26-18(21)25)14-12-9-10(19)5-6-13(12)20-16(14)23;2-1-3/h5-6,9,24H,2-4,7-8H2,1H3;. The minimum atomic E-state index is -0.393. The summed E-state index contributed by atoms with van der Waals surface area (Å²) in [7, 11) is 0. The number of fused-ring (bicyclic) bond motifs is 1. The monoisotopic (exact) mass is 496 g/mol. The summed E-state index contributed by atoms with van der Waals surface area (Å²) in [6.07, 6.45) is 2.94. The number of halogens is 1. The number of nitrogens with zero attached hydrogens (tertiary/aromatic N) is 2. The summed E-state index contributed by atoms with van der Waals surface area (Å²) < 4.78 is 2.78. The van der Waals surface area contributed by atoms with E-state index in [2.05, 4.69) is 20.9 Å². The number of benzene rings is 1. The van der Waals surface area contributed by atoms with E-state index < -0.39 is 5.91 Å². The normalized spacial score (nSPS) is 11.9. The number of thiazole rings is 1. The fourth-order valence-corrected chi connectivity index (χ4v) is 4.55. The van der Waals surface area contributed by atoms with E-state index in [1.807, 2.05) is 13.0 Å². The van der Waals surface area contributed by atoms with E-state index >= 15 is 0 Å². The van der Waals surface area contributed by atoms with Crippen molar-refractivity contribution in [2.45, 2.75) is 39.2 Å². The van der Waals surface area contributed by atoms with E-state index in [-0.39, 0.29) is 17.8 Å². The molecule has 7 nitrogen and oxygen atoms in total. The van der Waals surface area contributed by atoms with Crippen LogP contribution in [0.25, 0.3) is 5.57 Å². The van der Waals surface area contributed by atoms with Crippen LogP contribution in [0.1, 0.15) is 37.5 Å². The quantitative estimate of drug-likeness (QED) is 0.590. The van der Waals surface area contributed by atoms with Gasteiger partial charge in [-0.1, -0.05) is 29.3 Å². The zero-order chi connectivity index (χ0) is 21.6. The number of ketones is 1. The Labute approximate surface area is 183 Å². The van der Waals surface area contributed by atoms with Crippen LogP contribution < -0.4 is 10.6 Å². The molecular weight excluding hydrogens is 480 g/mol. The SMILES string of the molecule is CCCCC(=O)CCn1c(O)c(C2=c3cc(Br)ccc3=NC2=O)sc1=S.O=C=O. The number of hydrogen-bond acceptors (Lipinski definition) is 7. The van der Waals surface area contributed by atoms with Gasteiger partial charge in [0.05, 0.1) is 10.9 Å². The van der Waals surface area contributed by atoms with Gasteiger partial charge < -0.3 is 5.11 Å². The molecule has 29 heavy (non-hydrogen) atoms. The molecule has 0 fully saturated rings. The number of aromatic nitrogens is 1. The van der Waals surface area contributed by atoms with Gasteiger partial charge in [-0.05, 0) is 36.8 Å². The van der Waals surface area contributed by atoms with E-state index in [1.54, 1.807) is 12.1 Å². The van der Waals surface area contributed by atoms with Gasteiger partial charge in [0.1, 0.15) is 10.7 Å². The molecule has 0 unspecified atom stereocenters. The van der Waals surface area contributed by atoms with Gasteiger partial charge in [0, 0.05) is 29.1 Å². The maximum absolute atomic E-state index is 12.4. The van der Waals surface area contributed by atoms with E-state index in [4.69, 9.17) is 21.8 Å². The molecule has 0 saturated carbocycles. The number of carbonyl (C=O) groups excluding carboxylic acids is 4. The first-order chi connectivity index (χ1) is 13.8. The Morgan fingerprint density at radius 1 is 1.34 bits per heavy atom. The molecule has 10 heteroatoms. The molecule has 2 aromatic rings. The fraction of sp³-hybridized carbons (Fsp3) is 0.316. The predicted molar refractivity (Wildman–Crippen MR) is 111 cm³/mol. The van der Waals surface area contributed by atoms with Crippen LogP contribution in [-0.2, 0) is 25.7 Å². The lowest BCUT2D eigenvalue weighted by molar-refractivity contribution is -0.191. The van der Waals surface area contributed by atoms with Crippen molar-refractivity contribution in [1.82, 2.24) is 4.57 Å². The van der Waals surface area contributed by atoms with Gasteiger partial charge in [-0.2, -0.15) is 9.59 Å². The van der Waals surface area contributed by atoms with Gasteiger partial charge in [-0.25, -0.2) is 4.99 Å². The second-order valence-electron chi connectivity index (χ2n) is 6.10. The van der Waals surface area contributed by atoms with Gasteiger partial charge >= 0.3 is 6.15 Å². The number of unbranched alkanes of at least 4 members (excludes halogenated alkanes) is 1. The Bertz CT molecular complexity index is 1160. The average molecular weight is 497 g/mol. The highest BCUT2D eigenvalue weighted by Gasteiger charge is 2.25. The zero-order valence-corrected chi connectivity index (χ0v) is 18.7. The smallest absolute Gasteiger partial charge is 0.373 e. The lowest BCUT2D eigenvalue weighted by Crippen LogP contribution is -2.22. The van der Waals surface area contributed by atoms with E-state index in [0.717, 1.165) is 28.7 Å². The summed E-state index contributed by atoms with van der Waals surface area (Å²) in [4.78, 5) is 45.0. The van der Waals surface area contributed by atoms with Crippen molar-refractivity contribution in [2.24, 2.45) is 4.99 Å². The maximum Gasteiger partial charge on any atom is 0.373 e. The summed E-state index contributed by atoms with van der Waals surface area (Å²) in [5.74, 6) is -0.319. The summed E-state index contributed by atoms with van der Waals surface area (Å²) >= 11 is 9.90. The summed E-state index contributed by atoms with van der Waals surface area (Å²) in [5.41, 5.74) is 0.353. The van der Waals surface area contributed by atoms with Crippen molar-refractivity contribution < 1.29 is 24.3 Å². The largest absolute Gasteiger partial charge is 0.493 e. The van der Waals surface area contributed by atoms with Crippen LogP contribution in [0, 0.1) is 3.95 Å². The lowest BCUT2D eigenvalue weighted by Gasteiger charge is -2.05. The van der Waals surface area contributed by atoms with Crippen molar-refractivity contribution >= 4 is 62.9 Å². The third-order valence-electron chi connectivity index (χ3n) is 4.18. The van der Waals surface area contributed by atoms with Crippen molar-refractivity contribution in [3.05, 3.63) is 42.1 Å². The minimum absolute atomic E-state index is 0.0744. The molecule has 1 aromatic carbocycles. The molecule has 0 aliphatic carbocycles. The Morgan fingerprint density at radius 3 is 2.69 bits per heavy atom. The number of aromatic hydroxyl groups is 1. The van der Waals surface area contributed by atoms with Crippen molar-refractivity contribution in [2.75, 3.05) is 0 Å². The molecule has 1 aliphatic heterocycles. The molecular formula is C19H17BrN2O5S2. The first kappa shape index (κ1) is 23.0. The first-order valence-corrected chi connectivity index (χ1v) is 10.7. The van der Waals surface area contributed by atoms with E-state index in [9.17, 15) is 14.7 Å². The number of amides is 1. The maximum atomic E-state index is 12.4. The predicted octanol–water partition coefficient (Wildman–Crippen LogP) is 2.67. The summed E-state index contributed by atoms with van der Waals surface area (Å²) in [6.45, 7) is 2.35. The number of rotatable bonds is 7. The van der Waals surface area contributed by atoms with Crippen molar-refractivity contribution in [3.8, 4) is 5.88 Å².